The summed E-state index contributed by atoms with van der Waals surface area (Å²) in [7, 11) is 0. The van der Waals surface area contributed by atoms with Crippen molar-refractivity contribution >= 4 is 27.4 Å². The summed E-state index contributed by atoms with van der Waals surface area (Å²) in [6.07, 6.45) is 1.13. The van der Waals surface area contributed by atoms with E-state index in [1.807, 2.05) is 24.6 Å². The van der Waals surface area contributed by atoms with Crippen molar-refractivity contribution in [3.63, 3.8) is 0 Å². The lowest BCUT2D eigenvalue weighted by Crippen LogP contribution is -2.07. The average molecular weight is 312 g/mol. The van der Waals surface area contributed by atoms with E-state index < -0.39 is 0 Å². The van der Waals surface area contributed by atoms with Gasteiger partial charge in [0.25, 0.3) is 0 Å². The molecule has 3 aromatic rings. The predicted octanol–water partition coefficient (Wildman–Crippen LogP) is 4.52. The third kappa shape index (κ3) is 3.42. The number of aryl methyl sites for hydroxylation is 1. The van der Waals surface area contributed by atoms with Gasteiger partial charge in [-0.2, -0.15) is 0 Å². The maximum atomic E-state index is 4.57. The van der Waals surface area contributed by atoms with Crippen LogP contribution in [0.25, 0.3) is 21.5 Å². The van der Waals surface area contributed by atoms with Crippen molar-refractivity contribution < 1.29 is 0 Å². The van der Waals surface area contributed by atoms with E-state index in [1.165, 1.54) is 4.70 Å². The molecule has 2 aromatic heterocycles. The number of hydrogen-bond donors (Lipinski definition) is 1. The molecule has 3 rings (SSSR count). The highest BCUT2D eigenvalue weighted by Gasteiger charge is 2.06. The second-order valence-electron chi connectivity index (χ2n) is 5.83. The molecule has 0 bridgehead atoms. The van der Waals surface area contributed by atoms with Crippen molar-refractivity contribution in [2.45, 2.75) is 27.2 Å². The van der Waals surface area contributed by atoms with Crippen molar-refractivity contribution in [2.24, 2.45) is 5.92 Å². The molecule has 1 aromatic carbocycles. The number of fused-ring (bicyclic) bond motifs is 1. The Labute approximate surface area is 134 Å². The summed E-state index contributed by atoms with van der Waals surface area (Å²) in [5.41, 5.74) is 4.97. The molecule has 0 atom stereocenters. The summed E-state index contributed by atoms with van der Waals surface area (Å²) < 4.78 is 1.18. The number of nitrogens with zero attached hydrogens (tertiary/aromatic N) is 3. The van der Waals surface area contributed by atoms with Crippen LogP contribution in [0, 0.1) is 12.8 Å². The maximum absolute atomic E-state index is 4.57. The number of benzene rings is 1. The Morgan fingerprint density at radius 1 is 1.18 bits per heavy atom. The highest BCUT2D eigenvalue weighted by molar-refractivity contribution is 7.16. The minimum atomic E-state index is 0.684. The van der Waals surface area contributed by atoms with Gasteiger partial charge in [0, 0.05) is 18.2 Å². The van der Waals surface area contributed by atoms with Gasteiger partial charge in [-0.05, 0) is 31.4 Å². The van der Waals surface area contributed by atoms with Crippen LogP contribution in [0.15, 0.2) is 29.8 Å². The number of rotatable bonds is 5. The zero-order chi connectivity index (χ0) is 15.5. The van der Waals surface area contributed by atoms with Gasteiger partial charge in [0.2, 0.25) is 0 Å². The number of anilines is 1. The minimum Gasteiger partial charge on any atom is -0.370 e. The van der Waals surface area contributed by atoms with Crippen molar-refractivity contribution in [3.05, 3.63) is 35.6 Å². The van der Waals surface area contributed by atoms with Gasteiger partial charge in [-0.15, -0.1) is 11.3 Å². The van der Waals surface area contributed by atoms with E-state index in [4.69, 9.17) is 0 Å². The normalized spacial score (nSPS) is 11.3. The van der Waals surface area contributed by atoms with E-state index in [-0.39, 0.29) is 0 Å². The summed E-state index contributed by atoms with van der Waals surface area (Å²) >= 11 is 1.65. The number of hydrogen-bond acceptors (Lipinski definition) is 5. The smallest absolute Gasteiger partial charge is 0.130 e. The van der Waals surface area contributed by atoms with E-state index in [2.05, 4.69) is 46.2 Å². The first-order valence-corrected chi connectivity index (χ1v) is 8.43. The fraction of sp³-hybridized carbons (Fsp3) is 0.353. The molecule has 0 aliphatic heterocycles. The van der Waals surface area contributed by atoms with Crippen LogP contribution in [0.4, 0.5) is 5.82 Å². The van der Waals surface area contributed by atoms with Gasteiger partial charge >= 0.3 is 0 Å². The molecule has 0 radical (unpaired) electrons. The molecule has 0 aliphatic carbocycles. The largest absolute Gasteiger partial charge is 0.370 e. The Hall–Kier alpha value is -2.01. The molecule has 22 heavy (non-hydrogen) atoms. The van der Waals surface area contributed by atoms with Gasteiger partial charge in [0.15, 0.2) is 0 Å². The second kappa shape index (κ2) is 6.40. The first kappa shape index (κ1) is 14.9. The van der Waals surface area contributed by atoms with Crippen molar-refractivity contribution in [1.82, 2.24) is 15.0 Å². The summed E-state index contributed by atoms with van der Waals surface area (Å²) in [5, 5.41) is 3.40. The number of nitrogens with one attached hydrogen (secondary N) is 1. The Balaban J connectivity index is 1.87. The molecule has 0 unspecified atom stereocenters. The summed E-state index contributed by atoms with van der Waals surface area (Å²) in [5.74, 6) is 2.37. The first-order valence-electron chi connectivity index (χ1n) is 7.55. The zero-order valence-corrected chi connectivity index (χ0v) is 13.9. The molecule has 5 heteroatoms. The van der Waals surface area contributed by atoms with Crippen LogP contribution in [-0.4, -0.2) is 21.5 Å². The lowest BCUT2D eigenvalue weighted by molar-refractivity contribution is 0.606. The van der Waals surface area contributed by atoms with Crippen molar-refractivity contribution in [3.8, 4) is 11.3 Å². The van der Waals surface area contributed by atoms with Crippen molar-refractivity contribution in [1.29, 1.82) is 0 Å². The van der Waals surface area contributed by atoms with E-state index >= 15 is 0 Å². The van der Waals surface area contributed by atoms with E-state index in [9.17, 15) is 0 Å². The monoisotopic (exact) mass is 312 g/mol. The van der Waals surface area contributed by atoms with Gasteiger partial charge in [-0.25, -0.2) is 15.0 Å². The average Bonchev–Trinajstić information content (AvgIpc) is 2.93. The summed E-state index contributed by atoms with van der Waals surface area (Å²) in [4.78, 5) is 13.4. The van der Waals surface area contributed by atoms with Gasteiger partial charge < -0.3 is 5.32 Å². The fourth-order valence-corrected chi connectivity index (χ4v) is 3.03. The van der Waals surface area contributed by atoms with Gasteiger partial charge in [0.1, 0.15) is 11.6 Å². The molecule has 4 nitrogen and oxygen atoms in total. The Morgan fingerprint density at radius 3 is 2.86 bits per heavy atom. The molecule has 0 fully saturated rings. The Morgan fingerprint density at radius 2 is 2.05 bits per heavy atom. The molecular formula is C17H20N4S. The lowest BCUT2D eigenvalue weighted by Gasteiger charge is -2.10. The molecule has 0 amide bonds. The third-order valence-electron chi connectivity index (χ3n) is 3.49. The minimum absolute atomic E-state index is 0.684. The molecular weight excluding hydrogens is 292 g/mol. The standard InChI is InChI=1S/C17H20N4S/c1-11(2)6-7-18-17-9-15(20-12(3)21-17)13-4-5-14-16(8-13)22-10-19-14/h4-5,8-11H,6-7H2,1-3H3,(H,18,20,21). The summed E-state index contributed by atoms with van der Waals surface area (Å²) in [6.45, 7) is 7.31. The van der Waals surface area contributed by atoms with Gasteiger partial charge in [-0.1, -0.05) is 19.9 Å². The molecule has 0 aliphatic rings. The van der Waals surface area contributed by atoms with Crippen LogP contribution in [0.2, 0.25) is 0 Å². The number of thiazole rings is 1. The van der Waals surface area contributed by atoms with Crippen molar-refractivity contribution in [2.75, 3.05) is 11.9 Å². The first-order chi connectivity index (χ1) is 10.6. The molecule has 0 spiro atoms. The van der Waals surface area contributed by atoms with E-state index in [1.54, 1.807) is 11.3 Å². The highest BCUT2D eigenvalue weighted by Crippen LogP contribution is 2.26. The molecule has 114 valence electrons. The Kier molecular flexibility index (Phi) is 4.34. The Bertz CT molecular complexity index is 779. The SMILES string of the molecule is Cc1nc(NCCC(C)C)cc(-c2ccc3ncsc3c2)n1. The van der Waals surface area contributed by atoms with Crippen LogP contribution >= 0.6 is 11.3 Å². The van der Waals surface area contributed by atoms with Gasteiger partial charge in [0.05, 0.1) is 21.4 Å². The van der Waals surface area contributed by atoms with E-state index in [0.717, 1.165) is 41.4 Å². The molecule has 0 saturated carbocycles. The van der Waals surface area contributed by atoms with Gasteiger partial charge in [-0.3, -0.25) is 0 Å². The van der Waals surface area contributed by atoms with Crippen LogP contribution in [0.5, 0.6) is 0 Å². The second-order valence-corrected chi connectivity index (χ2v) is 6.72. The third-order valence-corrected chi connectivity index (χ3v) is 4.28. The maximum Gasteiger partial charge on any atom is 0.130 e. The number of aromatic nitrogens is 3. The quantitative estimate of drug-likeness (QED) is 0.752. The van der Waals surface area contributed by atoms with Crippen LogP contribution < -0.4 is 5.32 Å². The zero-order valence-electron chi connectivity index (χ0n) is 13.1. The fourth-order valence-electron chi connectivity index (χ4n) is 2.31. The van der Waals surface area contributed by atoms with Crippen LogP contribution in [-0.2, 0) is 0 Å². The highest BCUT2D eigenvalue weighted by atomic mass is 32.1. The van der Waals surface area contributed by atoms with Crippen LogP contribution in [0.3, 0.4) is 0 Å². The molecule has 1 N–H and O–H groups in total. The van der Waals surface area contributed by atoms with Crippen LogP contribution in [0.1, 0.15) is 26.1 Å². The topological polar surface area (TPSA) is 50.7 Å². The molecule has 2 heterocycles. The summed E-state index contributed by atoms with van der Waals surface area (Å²) in [6, 6.07) is 8.29. The molecule has 0 saturated heterocycles. The lowest BCUT2D eigenvalue weighted by atomic mass is 10.1. The van der Waals surface area contributed by atoms with E-state index in [0.29, 0.717) is 5.92 Å². The predicted molar refractivity (Wildman–Crippen MR) is 93.3 cm³/mol.